The zero-order chi connectivity index (χ0) is 21.5. The Kier molecular flexibility index (Phi) is 10.0. The number of fused-ring (bicyclic) bond motifs is 1. The summed E-state index contributed by atoms with van der Waals surface area (Å²) in [4.78, 5) is 9.19. The molecule has 1 aliphatic rings. The quantitative estimate of drug-likeness (QED) is 0.270. The third-order valence-electron chi connectivity index (χ3n) is 4.97. The first kappa shape index (κ1) is 25.4. The molecule has 0 bridgehead atoms. The van der Waals surface area contributed by atoms with Crippen molar-refractivity contribution in [2.75, 3.05) is 19.7 Å². The normalized spacial score (nSPS) is 17.0. The van der Waals surface area contributed by atoms with Crippen LogP contribution < -0.4 is 15.4 Å². The Morgan fingerprint density at radius 3 is 2.90 bits per heavy atom. The number of aryl methyl sites for hydroxylation is 2. The fraction of sp³-hybridized carbons (Fsp3) is 0.591. The van der Waals surface area contributed by atoms with Gasteiger partial charge in [0.15, 0.2) is 11.8 Å². The molecule has 2 aromatic rings. The molecule has 1 aromatic carbocycles. The molecule has 0 saturated carbocycles. The number of nitrogens with one attached hydrogen (secondary N) is 2. The molecule has 2 heterocycles. The maximum Gasteiger partial charge on any atom is 0.191 e. The number of hydrogen-bond acceptors (Lipinski definition) is 5. The van der Waals surface area contributed by atoms with Crippen LogP contribution in [0.15, 0.2) is 29.3 Å². The SMILES string of the molecule is CCNC(=NCC(O)COc1cccc(C)c1)NC1CCc2nc(C(C)C)nn2C1.I. The van der Waals surface area contributed by atoms with Gasteiger partial charge in [0.1, 0.15) is 24.3 Å². The van der Waals surface area contributed by atoms with Gasteiger partial charge in [0.25, 0.3) is 0 Å². The van der Waals surface area contributed by atoms with Crippen molar-refractivity contribution in [3.63, 3.8) is 0 Å². The van der Waals surface area contributed by atoms with E-state index in [0.29, 0.717) is 11.9 Å². The molecule has 9 heteroatoms. The second-order valence-corrected chi connectivity index (χ2v) is 8.10. The van der Waals surface area contributed by atoms with Crippen LogP contribution in [-0.4, -0.2) is 57.7 Å². The first-order valence-corrected chi connectivity index (χ1v) is 10.8. The van der Waals surface area contributed by atoms with Crippen molar-refractivity contribution in [3.05, 3.63) is 41.5 Å². The van der Waals surface area contributed by atoms with E-state index in [2.05, 4.69) is 39.6 Å². The molecule has 3 rings (SSSR count). The average Bonchev–Trinajstić information content (AvgIpc) is 3.14. The summed E-state index contributed by atoms with van der Waals surface area (Å²) in [5, 5.41) is 21.6. The number of aliphatic hydroxyl groups excluding tert-OH is 1. The third kappa shape index (κ3) is 7.64. The molecule has 2 atom stereocenters. The maximum atomic E-state index is 10.3. The number of aliphatic imine (C=N–C) groups is 1. The van der Waals surface area contributed by atoms with E-state index in [-0.39, 0.29) is 43.2 Å². The maximum absolute atomic E-state index is 10.3. The van der Waals surface area contributed by atoms with Crippen LogP contribution in [0.2, 0.25) is 0 Å². The van der Waals surface area contributed by atoms with Crippen molar-refractivity contribution < 1.29 is 9.84 Å². The molecule has 0 radical (unpaired) electrons. The number of aromatic nitrogens is 3. The van der Waals surface area contributed by atoms with E-state index in [1.807, 2.05) is 42.8 Å². The van der Waals surface area contributed by atoms with Crippen LogP contribution >= 0.6 is 24.0 Å². The largest absolute Gasteiger partial charge is 0.491 e. The number of guanidine groups is 1. The molecule has 8 nitrogen and oxygen atoms in total. The monoisotopic (exact) mass is 542 g/mol. The van der Waals surface area contributed by atoms with E-state index in [9.17, 15) is 5.11 Å². The molecule has 2 unspecified atom stereocenters. The van der Waals surface area contributed by atoms with E-state index in [4.69, 9.17) is 4.74 Å². The molecule has 0 saturated heterocycles. The predicted molar refractivity (Wildman–Crippen MR) is 133 cm³/mol. The fourth-order valence-corrected chi connectivity index (χ4v) is 3.35. The van der Waals surface area contributed by atoms with Gasteiger partial charge in [0.2, 0.25) is 0 Å². The van der Waals surface area contributed by atoms with Gasteiger partial charge in [0.05, 0.1) is 13.1 Å². The Morgan fingerprint density at radius 2 is 2.19 bits per heavy atom. The number of halogens is 1. The van der Waals surface area contributed by atoms with Crippen LogP contribution in [0.1, 0.15) is 50.3 Å². The topological polar surface area (TPSA) is 96.6 Å². The molecule has 0 aliphatic carbocycles. The van der Waals surface area contributed by atoms with Crippen LogP contribution in [0.4, 0.5) is 0 Å². The van der Waals surface area contributed by atoms with Crippen molar-refractivity contribution in [2.24, 2.45) is 4.99 Å². The van der Waals surface area contributed by atoms with Gasteiger partial charge >= 0.3 is 0 Å². The molecule has 172 valence electrons. The molecule has 3 N–H and O–H groups in total. The first-order valence-electron chi connectivity index (χ1n) is 10.8. The van der Waals surface area contributed by atoms with Gasteiger partial charge in [-0.25, -0.2) is 9.67 Å². The molecule has 1 aliphatic heterocycles. The summed E-state index contributed by atoms with van der Waals surface area (Å²) in [7, 11) is 0. The van der Waals surface area contributed by atoms with E-state index < -0.39 is 6.10 Å². The lowest BCUT2D eigenvalue weighted by Crippen LogP contribution is -2.47. The lowest BCUT2D eigenvalue weighted by Gasteiger charge is -2.25. The average molecular weight is 542 g/mol. The Balaban J connectivity index is 0.00000341. The smallest absolute Gasteiger partial charge is 0.191 e. The van der Waals surface area contributed by atoms with Gasteiger partial charge in [-0.05, 0) is 38.0 Å². The van der Waals surface area contributed by atoms with Crippen LogP contribution in [0.5, 0.6) is 5.75 Å². The molecule has 1 aromatic heterocycles. The minimum Gasteiger partial charge on any atom is -0.491 e. The molecular weight excluding hydrogens is 507 g/mol. The highest BCUT2D eigenvalue weighted by molar-refractivity contribution is 14.0. The minimum atomic E-state index is -0.678. The van der Waals surface area contributed by atoms with Crippen LogP contribution in [0, 0.1) is 6.92 Å². The van der Waals surface area contributed by atoms with Gasteiger partial charge in [-0.1, -0.05) is 26.0 Å². The number of ether oxygens (including phenoxy) is 1. The molecule has 0 amide bonds. The molecular formula is C22H35IN6O2. The van der Waals surface area contributed by atoms with E-state index in [1.165, 1.54) is 0 Å². The second kappa shape index (κ2) is 12.2. The highest BCUT2D eigenvalue weighted by Gasteiger charge is 2.23. The zero-order valence-electron chi connectivity index (χ0n) is 18.8. The predicted octanol–water partition coefficient (Wildman–Crippen LogP) is 2.64. The summed E-state index contributed by atoms with van der Waals surface area (Å²) >= 11 is 0. The van der Waals surface area contributed by atoms with Crippen LogP contribution in [-0.2, 0) is 13.0 Å². The summed E-state index contributed by atoms with van der Waals surface area (Å²) in [6, 6.07) is 8.02. The summed E-state index contributed by atoms with van der Waals surface area (Å²) in [5.74, 6) is 3.75. The van der Waals surface area contributed by atoms with Gasteiger partial charge in [0, 0.05) is 24.9 Å². The van der Waals surface area contributed by atoms with Gasteiger partial charge in [-0.3, -0.25) is 4.99 Å². The van der Waals surface area contributed by atoms with Crippen LogP contribution in [0.25, 0.3) is 0 Å². The van der Waals surface area contributed by atoms with Crippen molar-refractivity contribution >= 4 is 29.9 Å². The van der Waals surface area contributed by atoms with Crippen LogP contribution in [0.3, 0.4) is 0 Å². The van der Waals surface area contributed by atoms with Gasteiger partial charge < -0.3 is 20.5 Å². The lowest BCUT2D eigenvalue weighted by atomic mass is 10.1. The minimum absolute atomic E-state index is 0. The van der Waals surface area contributed by atoms with E-state index in [1.54, 1.807) is 0 Å². The highest BCUT2D eigenvalue weighted by atomic mass is 127. The Hall–Kier alpha value is -1.88. The van der Waals surface area contributed by atoms with Gasteiger partial charge in [-0.2, -0.15) is 5.10 Å². The van der Waals surface area contributed by atoms with Crippen molar-refractivity contribution in [2.45, 2.75) is 65.1 Å². The lowest BCUT2D eigenvalue weighted by molar-refractivity contribution is 0.114. The number of aliphatic hydroxyl groups is 1. The number of benzene rings is 1. The van der Waals surface area contributed by atoms with E-state index >= 15 is 0 Å². The Labute approximate surface area is 201 Å². The molecule has 31 heavy (non-hydrogen) atoms. The standard InChI is InChI=1S/C22H34N6O2.HI/c1-5-23-22(24-12-18(29)14-30-19-8-6-7-16(4)11-19)25-17-9-10-20-26-21(15(2)3)27-28(20)13-17;/h6-8,11,15,17-18,29H,5,9-10,12-14H2,1-4H3,(H2,23,24,25);1H. The summed E-state index contributed by atoms with van der Waals surface area (Å²) in [5.41, 5.74) is 1.13. The number of hydrogen-bond donors (Lipinski definition) is 3. The van der Waals surface area contributed by atoms with Crippen molar-refractivity contribution in [1.82, 2.24) is 25.4 Å². The molecule has 0 fully saturated rings. The van der Waals surface area contributed by atoms with Crippen molar-refractivity contribution in [1.29, 1.82) is 0 Å². The number of rotatable bonds is 8. The van der Waals surface area contributed by atoms with Gasteiger partial charge in [-0.15, -0.1) is 24.0 Å². The number of nitrogens with zero attached hydrogens (tertiary/aromatic N) is 4. The van der Waals surface area contributed by atoms with Crippen molar-refractivity contribution in [3.8, 4) is 5.75 Å². The first-order chi connectivity index (χ1) is 14.4. The Morgan fingerprint density at radius 1 is 1.39 bits per heavy atom. The second-order valence-electron chi connectivity index (χ2n) is 8.10. The zero-order valence-corrected chi connectivity index (χ0v) is 21.2. The molecule has 0 spiro atoms. The Bertz CT molecular complexity index is 854. The van der Waals surface area contributed by atoms with E-state index in [0.717, 1.165) is 48.9 Å². The fourth-order valence-electron chi connectivity index (χ4n) is 3.35. The highest BCUT2D eigenvalue weighted by Crippen LogP contribution is 2.17. The summed E-state index contributed by atoms with van der Waals surface area (Å²) in [6.07, 6.45) is 1.19. The summed E-state index contributed by atoms with van der Waals surface area (Å²) in [6.45, 7) is 10.2. The third-order valence-corrected chi connectivity index (χ3v) is 4.97. The summed E-state index contributed by atoms with van der Waals surface area (Å²) < 4.78 is 7.68.